The van der Waals surface area contributed by atoms with E-state index < -0.39 is 0 Å². The van der Waals surface area contributed by atoms with E-state index in [-0.39, 0.29) is 23.2 Å². The van der Waals surface area contributed by atoms with E-state index in [0.717, 1.165) is 24.7 Å². The lowest BCUT2D eigenvalue weighted by Gasteiger charge is -2.42. The van der Waals surface area contributed by atoms with Gasteiger partial charge in [0.25, 0.3) is 0 Å². The van der Waals surface area contributed by atoms with E-state index in [2.05, 4.69) is 39.8 Å². The fourth-order valence-electron chi connectivity index (χ4n) is 3.86. The molecule has 0 N–H and O–H groups in total. The highest BCUT2D eigenvalue weighted by atomic mass is 16.5. The normalized spacial score (nSPS) is 17.1. The molecular weight excluding hydrogens is 336 g/mol. The van der Waals surface area contributed by atoms with Crippen molar-refractivity contribution in [3.05, 3.63) is 64.2 Å². The number of aldehydes is 1. The second-order valence-electron chi connectivity index (χ2n) is 8.88. The smallest absolute Gasteiger partial charge is 0.200 e. The molecule has 0 heterocycles. The summed E-state index contributed by atoms with van der Waals surface area (Å²) in [5.74, 6) is 0.569. The minimum atomic E-state index is -0.0332. The first kappa shape index (κ1) is 19.3. The van der Waals surface area contributed by atoms with E-state index in [0.29, 0.717) is 16.9 Å². The molecular formula is C24H28O3. The van der Waals surface area contributed by atoms with Gasteiger partial charge < -0.3 is 4.74 Å². The number of hydrogen-bond donors (Lipinski definition) is 0. The zero-order valence-corrected chi connectivity index (χ0v) is 16.9. The highest BCUT2D eigenvalue weighted by Gasteiger charge is 2.37. The molecule has 0 bridgehead atoms. The van der Waals surface area contributed by atoms with E-state index in [1.54, 1.807) is 18.2 Å². The third-order valence-corrected chi connectivity index (χ3v) is 5.91. The molecule has 2 aromatic rings. The minimum absolute atomic E-state index is 0.0114. The third-order valence-electron chi connectivity index (χ3n) is 5.91. The first-order valence-electron chi connectivity index (χ1n) is 9.51. The van der Waals surface area contributed by atoms with Gasteiger partial charge in [0.15, 0.2) is 12.4 Å². The molecule has 0 fully saturated rings. The number of Topliss-reactive ketones (excluding diaryl/α,β-unsaturated/α-hetero) is 1. The van der Waals surface area contributed by atoms with E-state index in [4.69, 9.17) is 4.74 Å². The number of rotatable bonds is 5. The molecule has 27 heavy (non-hydrogen) atoms. The predicted octanol–water partition coefficient (Wildman–Crippen LogP) is 5.42. The molecule has 142 valence electrons. The van der Waals surface area contributed by atoms with Crippen LogP contribution in [-0.2, 0) is 10.8 Å². The van der Waals surface area contributed by atoms with Crippen LogP contribution in [0.2, 0.25) is 0 Å². The Hall–Kier alpha value is -2.42. The van der Waals surface area contributed by atoms with Gasteiger partial charge in [-0.2, -0.15) is 0 Å². The monoisotopic (exact) mass is 364 g/mol. The van der Waals surface area contributed by atoms with Gasteiger partial charge in [0, 0.05) is 11.1 Å². The van der Waals surface area contributed by atoms with Gasteiger partial charge in [-0.05, 0) is 71.6 Å². The number of ketones is 1. The number of fused-ring (bicyclic) bond motifs is 1. The standard InChI is InChI=1S/C24H28O3/c1-16-12-19(8-6-18(16)14-25)27-15-22(26)17-7-9-20-21(13-17)24(4,5)11-10-23(20,2)3/h6-9,12-14H,10-11,15H2,1-5H3. The number of hydrogen-bond acceptors (Lipinski definition) is 3. The lowest BCUT2D eigenvalue weighted by molar-refractivity contribution is 0.0920. The zero-order valence-electron chi connectivity index (χ0n) is 16.9. The van der Waals surface area contributed by atoms with Gasteiger partial charge in [0.1, 0.15) is 12.0 Å². The van der Waals surface area contributed by atoms with Crippen LogP contribution < -0.4 is 4.74 Å². The van der Waals surface area contributed by atoms with Crippen molar-refractivity contribution in [2.45, 2.75) is 58.3 Å². The van der Waals surface area contributed by atoms with Crippen LogP contribution in [0.4, 0.5) is 0 Å². The van der Waals surface area contributed by atoms with Crippen molar-refractivity contribution < 1.29 is 14.3 Å². The Morgan fingerprint density at radius 1 is 1.00 bits per heavy atom. The first-order chi connectivity index (χ1) is 12.6. The summed E-state index contributed by atoms with van der Waals surface area (Å²) in [5, 5.41) is 0. The molecule has 0 aromatic heterocycles. The van der Waals surface area contributed by atoms with E-state index in [1.165, 1.54) is 11.1 Å². The molecule has 3 rings (SSSR count). The number of carbonyl (C=O) groups excluding carboxylic acids is 2. The Bertz CT molecular complexity index is 890. The van der Waals surface area contributed by atoms with Crippen LogP contribution in [0, 0.1) is 6.92 Å². The Balaban J connectivity index is 1.80. The molecule has 1 aliphatic carbocycles. The second kappa shape index (κ2) is 6.95. The van der Waals surface area contributed by atoms with Crippen molar-refractivity contribution >= 4 is 12.1 Å². The van der Waals surface area contributed by atoms with E-state index in [9.17, 15) is 9.59 Å². The minimum Gasteiger partial charge on any atom is -0.485 e. The summed E-state index contributed by atoms with van der Waals surface area (Å²) in [6.07, 6.45) is 3.09. The summed E-state index contributed by atoms with van der Waals surface area (Å²) in [6, 6.07) is 11.3. The SMILES string of the molecule is Cc1cc(OCC(=O)c2ccc3c(c2)C(C)(C)CCC3(C)C)ccc1C=O. The zero-order chi connectivity index (χ0) is 19.8. The van der Waals surface area contributed by atoms with Crippen molar-refractivity contribution in [3.8, 4) is 5.75 Å². The predicted molar refractivity (Wildman–Crippen MR) is 108 cm³/mol. The van der Waals surface area contributed by atoms with Crippen LogP contribution in [0.3, 0.4) is 0 Å². The van der Waals surface area contributed by atoms with Crippen LogP contribution in [0.1, 0.15) is 77.9 Å². The Morgan fingerprint density at radius 3 is 2.30 bits per heavy atom. The van der Waals surface area contributed by atoms with Crippen LogP contribution in [0.25, 0.3) is 0 Å². The largest absolute Gasteiger partial charge is 0.485 e. The van der Waals surface area contributed by atoms with Gasteiger partial charge in [-0.25, -0.2) is 0 Å². The van der Waals surface area contributed by atoms with Gasteiger partial charge in [0.2, 0.25) is 0 Å². The van der Waals surface area contributed by atoms with Crippen molar-refractivity contribution in [2.75, 3.05) is 6.61 Å². The maximum Gasteiger partial charge on any atom is 0.200 e. The Labute approximate surface area is 161 Å². The molecule has 0 saturated carbocycles. The summed E-state index contributed by atoms with van der Waals surface area (Å²) in [5.41, 5.74) is 5.00. The Morgan fingerprint density at radius 2 is 1.67 bits per heavy atom. The molecule has 0 radical (unpaired) electrons. The molecule has 3 heteroatoms. The fourth-order valence-corrected chi connectivity index (χ4v) is 3.86. The second-order valence-corrected chi connectivity index (χ2v) is 8.88. The van der Waals surface area contributed by atoms with Gasteiger partial charge in [-0.15, -0.1) is 0 Å². The summed E-state index contributed by atoms with van der Waals surface area (Å²) in [4.78, 5) is 23.6. The summed E-state index contributed by atoms with van der Waals surface area (Å²) in [6.45, 7) is 10.9. The highest BCUT2D eigenvalue weighted by Crippen LogP contribution is 2.45. The fraction of sp³-hybridized carbons (Fsp3) is 0.417. The maximum atomic E-state index is 12.7. The van der Waals surface area contributed by atoms with Crippen molar-refractivity contribution in [3.63, 3.8) is 0 Å². The van der Waals surface area contributed by atoms with Crippen LogP contribution >= 0.6 is 0 Å². The molecule has 2 aromatic carbocycles. The van der Waals surface area contributed by atoms with Gasteiger partial charge in [0.05, 0.1) is 0 Å². The first-order valence-corrected chi connectivity index (χ1v) is 9.51. The molecule has 0 spiro atoms. The van der Waals surface area contributed by atoms with Crippen LogP contribution in [-0.4, -0.2) is 18.7 Å². The topological polar surface area (TPSA) is 43.4 Å². The molecule has 0 saturated heterocycles. The van der Waals surface area contributed by atoms with Crippen molar-refractivity contribution in [1.29, 1.82) is 0 Å². The number of ether oxygens (including phenoxy) is 1. The number of aryl methyl sites for hydroxylation is 1. The van der Waals surface area contributed by atoms with Gasteiger partial charge in [-0.3, -0.25) is 9.59 Å². The third kappa shape index (κ3) is 3.83. The Kier molecular flexibility index (Phi) is 4.98. The maximum absolute atomic E-state index is 12.7. The van der Waals surface area contributed by atoms with E-state index in [1.807, 2.05) is 13.0 Å². The average Bonchev–Trinajstić information content (AvgIpc) is 2.63. The van der Waals surface area contributed by atoms with Gasteiger partial charge >= 0.3 is 0 Å². The molecule has 1 aliphatic rings. The summed E-state index contributed by atoms with van der Waals surface area (Å²) < 4.78 is 5.67. The number of benzene rings is 2. The molecule has 0 atom stereocenters. The van der Waals surface area contributed by atoms with Gasteiger partial charge in [-0.1, -0.05) is 39.8 Å². The lowest BCUT2D eigenvalue weighted by atomic mass is 9.63. The summed E-state index contributed by atoms with van der Waals surface area (Å²) >= 11 is 0. The molecule has 3 nitrogen and oxygen atoms in total. The van der Waals surface area contributed by atoms with E-state index >= 15 is 0 Å². The molecule has 0 unspecified atom stereocenters. The molecule has 0 amide bonds. The lowest BCUT2D eigenvalue weighted by Crippen LogP contribution is -2.34. The highest BCUT2D eigenvalue weighted by molar-refractivity contribution is 5.97. The van der Waals surface area contributed by atoms with Crippen molar-refractivity contribution in [1.82, 2.24) is 0 Å². The van der Waals surface area contributed by atoms with Crippen LogP contribution in [0.5, 0.6) is 5.75 Å². The average molecular weight is 364 g/mol. The summed E-state index contributed by atoms with van der Waals surface area (Å²) in [7, 11) is 0. The molecule has 0 aliphatic heterocycles. The quantitative estimate of drug-likeness (QED) is 0.526. The van der Waals surface area contributed by atoms with Crippen LogP contribution in [0.15, 0.2) is 36.4 Å². The van der Waals surface area contributed by atoms with Crippen molar-refractivity contribution in [2.24, 2.45) is 0 Å². The number of carbonyl (C=O) groups is 2.